The Morgan fingerprint density at radius 2 is 1.50 bits per heavy atom. The molecular formula is C24H25N3O3. The molecule has 1 atom stereocenters. The predicted molar refractivity (Wildman–Crippen MR) is 117 cm³/mol. The highest BCUT2D eigenvalue weighted by Crippen LogP contribution is 2.18. The van der Waals surface area contributed by atoms with E-state index in [9.17, 15) is 14.4 Å². The van der Waals surface area contributed by atoms with Gasteiger partial charge >= 0.3 is 0 Å². The zero-order valence-corrected chi connectivity index (χ0v) is 16.9. The van der Waals surface area contributed by atoms with Gasteiger partial charge in [0.1, 0.15) is 6.04 Å². The summed E-state index contributed by atoms with van der Waals surface area (Å²) in [6.07, 6.45) is 0.182. The summed E-state index contributed by atoms with van der Waals surface area (Å²) in [5.41, 5.74) is 1.88. The fraction of sp³-hybridized carbons (Fsp3) is 0.208. The molecule has 3 aromatic carbocycles. The summed E-state index contributed by atoms with van der Waals surface area (Å²) in [5, 5.41) is 10.1. The Bertz CT molecular complexity index is 1030. The number of nitrogens with one attached hydrogen (secondary N) is 3. The first-order chi connectivity index (χ1) is 14.5. The van der Waals surface area contributed by atoms with E-state index in [1.807, 2.05) is 72.8 Å². The molecule has 0 radical (unpaired) electrons. The molecule has 3 aromatic rings. The average molecular weight is 403 g/mol. The van der Waals surface area contributed by atoms with Gasteiger partial charge in [-0.05, 0) is 28.8 Å². The van der Waals surface area contributed by atoms with Crippen molar-refractivity contribution in [2.75, 3.05) is 6.54 Å². The topological polar surface area (TPSA) is 87.3 Å². The summed E-state index contributed by atoms with van der Waals surface area (Å²) in [7, 11) is 0. The molecule has 3 rings (SSSR count). The molecule has 1 unspecified atom stereocenters. The average Bonchev–Trinajstić information content (AvgIpc) is 2.77. The number of fused-ring (bicyclic) bond motifs is 1. The number of carbonyl (C=O) groups excluding carboxylic acids is 3. The van der Waals surface area contributed by atoms with Gasteiger partial charge in [0.15, 0.2) is 0 Å². The van der Waals surface area contributed by atoms with Gasteiger partial charge in [-0.2, -0.15) is 0 Å². The molecule has 0 saturated heterocycles. The fourth-order valence-corrected chi connectivity index (χ4v) is 3.16. The van der Waals surface area contributed by atoms with Gasteiger partial charge < -0.3 is 16.0 Å². The quantitative estimate of drug-likeness (QED) is 0.539. The smallest absolute Gasteiger partial charge is 0.242 e. The van der Waals surface area contributed by atoms with Gasteiger partial charge in [-0.3, -0.25) is 14.4 Å². The van der Waals surface area contributed by atoms with Crippen LogP contribution in [-0.2, 0) is 27.3 Å². The Labute approximate surface area is 175 Å². The van der Waals surface area contributed by atoms with E-state index in [-0.39, 0.29) is 24.8 Å². The molecule has 0 aliphatic carbocycles. The van der Waals surface area contributed by atoms with Crippen LogP contribution in [0.2, 0.25) is 0 Å². The molecule has 6 nitrogen and oxygen atoms in total. The molecule has 3 amide bonds. The van der Waals surface area contributed by atoms with Crippen LogP contribution in [0.1, 0.15) is 18.1 Å². The van der Waals surface area contributed by atoms with E-state index in [1.54, 1.807) is 6.92 Å². The van der Waals surface area contributed by atoms with Crippen molar-refractivity contribution in [3.05, 3.63) is 83.9 Å². The largest absolute Gasteiger partial charge is 0.350 e. The van der Waals surface area contributed by atoms with E-state index in [2.05, 4.69) is 16.0 Å². The van der Waals surface area contributed by atoms with Crippen LogP contribution in [0, 0.1) is 0 Å². The minimum atomic E-state index is -0.698. The highest BCUT2D eigenvalue weighted by Gasteiger charge is 2.16. The second-order valence-corrected chi connectivity index (χ2v) is 7.08. The minimum Gasteiger partial charge on any atom is -0.350 e. The Morgan fingerprint density at radius 3 is 2.30 bits per heavy atom. The van der Waals surface area contributed by atoms with Crippen molar-refractivity contribution in [1.82, 2.24) is 16.0 Å². The first-order valence-corrected chi connectivity index (χ1v) is 9.87. The number of carbonyl (C=O) groups is 3. The lowest BCUT2D eigenvalue weighted by Gasteiger charge is -2.14. The van der Waals surface area contributed by atoms with E-state index < -0.39 is 11.9 Å². The van der Waals surface area contributed by atoms with Gasteiger partial charge in [0.05, 0.1) is 13.0 Å². The third kappa shape index (κ3) is 5.91. The number of amides is 3. The first kappa shape index (κ1) is 21.0. The molecule has 6 heteroatoms. The lowest BCUT2D eigenvalue weighted by Crippen LogP contribution is -2.47. The van der Waals surface area contributed by atoms with Crippen molar-refractivity contribution in [3.8, 4) is 0 Å². The van der Waals surface area contributed by atoms with E-state index >= 15 is 0 Å². The van der Waals surface area contributed by atoms with Crippen molar-refractivity contribution >= 4 is 28.5 Å². The van der Waals surface area contributed by atoms with Crippen LogP contribution in [0.4, 0.5) is 0 Å². The zero-order valence-electron chi connectivity index (χ0n) is 16.9. The molecule has 0 spiro atoms. The summed E-state index contributed by atoms with van der Waals surface area (Å²) in [4.78, 5) is 36.5. The van der Waals surface area contributed by atoms with E-state index in [0.29, 0.717) is 6.54 Å². The Morgan fingerprint density at radius 1 is 0.800 bits per heavy atom. The van der Waals surface area contributed by atoms with Crippen molar-refractivity contribution in [3.63, 3.8) is 0 Å². The summed E-state index contributed by atoms with van der Waals surface area (Å²) in [5.74, 6) is -0.944. The standard InChI is InChI=1S/C24H25N3O3/c1-17(24(30)26-15-18-8-3-2-4-9-18)27-23(29)16-25-22(28)14-20-12-7-11-19-10-5-6-13-21(19)20/h2-13,17H,14-16H2,1H3,(H,25,28)(H,26,30)(H,27,29). The minimum absolute atomic E-state index is 0.181. The third-order valence-electron chi connectivity index (χ3n) is 4.76. The number of hydrogen-bond donors (Lipinski definition) is 3. The van der Waals surface area contributed by atoms with Crippen LogP contribution in [0.15, 0.2) is 72.8 Å². The molecular weight excluding hydrogens is 378 g/mol. The highest BCUT2D eigenvalue weighted by atomic mass is 16.2. The number of rotatable bonds is 8. The first-order valence-electron chi connectivity index (χ1n) is 9.87. The van der Waals surface area contributed by atoms with Crippen molar-refractivity contribution in [1.29, 1.82) is 0 Å². The van der Waals surface area contributed by atoms with Crippen LogP contribution >= 0.6 is 0 Å². The Hall–Kier alpha value is -3.67. The number of hydrogen-bond acceptors (Lipinski definition) is 3. The van der Waals surface area contributed by atoms with Crippen LogP contribution < -0.4 is 16.0 Å². The van der Waals surface area contributed by atoms with E-state index in [4.69, 9.17) is 0 Å². The van der Waals surface area contributed by atoms with Crippen molar-refractivity contribution in [2.45, 2.75) is 25.9 Å². The maximum atomic E-state index is 12.3. The molecule has 0 bridgehead atoms. The zero-order chi connectivity index (χ0) is 21.3. The van der Waals surface area contributed by atoms with Crippen molar-refractivity contribution < 1.29 is 14.4 Å². The molecule has 0 aromatic heterocycles. The molecule has 0 aliphatic rings. The molecule has 3 N–H and O–H groups in total. The van der Waals surface area contributed by atoms with Crippen molar-refractivity contribution in [2.24, 2.45) is 0 Å². The molecule has 154 valence electrons. The SMILES string of the molecule is CC(NC(=O)CNC(=O)Cc1cccc2ccccc12)C(=O)NCc1ccccc1. The summed E-state index contributed by atoms with van der Waals surface area (Å²) >= 11 is 0. The Kier molecular flexibility index (Phi) is 7.16. The van der Waals surface area contributed by atoms with E-state index in [0.717, 1.165) is 21.9 Å². The monoisotopic (exact) mass is 403 g/mol. The molecule has 0 heterocycles. The van der Waals surface area contributed by atoms with Crippen LogP contribution in [0.3, 0.4) is 0 Å². The van der Waals surface area contributed by atoms with Gasteiger partial charge in [0, 0.05) is 6.54 Å². The number of benzene rings is 3. The van der Waals surface area contributed by atoms with Gasteiger partial charge in [-0.25, -0.2) is 0 Å². The Balaban J connectivity index is 1.43. The summed E-state index contributed by atoms with van der Waals surface area (Å²) in [6.45, 7) is 1.82. The predicted octanol–water partition coefficient (Wildman–Crippen LogP) is 2.32. The molecule has 0 fully saturated rings. The second kappa shape index (κ2) is 10.2. The van der Waals surface area contributed by atoms with Crippen LogP contribution in [-0.4, -0.2) is 30.3 Å². The summed E-state index contributed by atoms with van der Waals surface area (Å²) in [6, 6.07) is 22.5. The second-order valence-electron chi connectivity index (χ2n) is 7.08. The van der Waals surface area contributed by atoms with Gasteiger partial charge in [-0.15, -0.1) is 0 Å². The normalized spacial score (nSPS) is 11.5. The van der Waals surface area contributed by atoms with Gasteiger partial charge in [0.2, 0.25) is 17.7 Å². The fourth-order valence-electron chi connectivity index (χ4n) is 3.16. The lowest BCUT2D eigenvalue weighted by molar-refractivity contribution is -0.129. The summed E-state index contributed by atoms with van der Waals surface area (Å²) < 4.78 is 0. The van der Waals surface area contributed by atoms with Gasteiger partial charge in [0.25, 0.3) is 0 Å². The lowest BCUT2D eigenvalue weighted by atomic mass is 10.0. The molecule has 0 aliphatic heterocycles. The van der Waals surface area contributed by atoms with Gasteiger partial charge in [-0.1, -0.05) is 72.8 Å². The molecule has 0 saturated carbocycles. The van der Waals surface area contributed by atoms with Crippen LogP contribution in [0.25, 0.3) is 10.8 Å². The van der Waals surface area contributed by atoms with Crippen LogP contribution in [0.5, 0.6) is 0 Å². The third-order valence-corrected chi connectivity index (χ3v) is 4.76. The maximum Gasteiger partial charge on any atom is 0.242 e. The van der Waals surface area contributed by atoms with E-state index in [1.165, 1.54) is 0 Å². The molecule has 30 heavy (non-hydrogen) atoms. The maximum absolute atomic E-state index is 12.3. The highest BCUT2D eigenvalue weighted by molar-refractivity contribution is 5.92.